The largest absolute Gasteiger partial charge is 0.497 e. The van der Waals surface area contributed by atoms with E-state index in [4.69, 9.17) is 10.5 Å². The maximum absolute atomic E-state index is 13.6. The minimum Gasteiger partial charge on any atom is -0.497 e. The van der Waals surface area contributed by atoms with Crippen LogP contribution in [-0.4, -0.2) is 17.1 Å². The van der Waals surface area contributed by atoms with Crippen LogP contribution in [0.15, 0.2) is 30.3 Å². The van der Waals surface area contributed by atoms with E-state index in [0.717, 1.165) is 6.07 Å². The summed E-state index contributed by atoms with van der Waals surface area (Å²) >= 11 is 0. The summed E-state index contributed by atoms with van der Waals surface area (Å²) in [7, 11) is 1.54. The number of fused-ring (bicyclic) bond motifs is 1. The fourth-order valence-corrected chi connectivity index (χ4v) is 2.03. The van der Waals surface area contributed by atoms with E-state index >= 15 is 0 Å². The van der Waals surface area contributed by atoms with Crippen LogP contribution in [0.25, 0.3) is 22.4 Å². The number of aromatic amines is 1. The Bertz CT molecular complexity index is 798. The third kappa shape index (κ3) is 1.85. The minimum atomic E-state index is -0.975. The number of ether oxygens (including phenoxy) is 1. The monoisotopic (exact) mass is 275 g/mol. The molecule has 1 heterocycles. The van der Waals surface area contributed by atoms with Gasteiger partial charge in [0.15, 0.2) is 11.6 Å². The first-order valence-electron chi connectivity index (χ1n) is 5.87. The van der Waals surface area contributed by atoms with Crippen molar-refractivity contribution >= 4 is 16.7 Å². The van der Waals surface area contributed by atoms with Crippen molar-refractivity contribution in [2.45, 2.75) is 0 Å². The number of benzene rings is 2. The van der Waals surface area contributed by atoms with Gasteiger partial charge in [-0.1, -0.05) is 0 Å². The Morgan fingerprint density at radius 2 is 2.00 bits per heavy atom. The molecule has 0 atom stereocenters. The lowest BCUT2D eigenvalue weighted by Gasteiger charge is -2.05. The minimum absolute atomic E-state index is 0.0461. The number of hydrogen-bond donors (Lipinski definition) is 2. The number of halogens is 2. The van der Waals surface area contributed by atoms with Crippen molar-refractivity contribution in [2.24, 2.45) is 0 Å². The van der Waals surface area contributed by atoms with Gasteiger partial charge in [0.25, 0.3) is 0 Å². The number of nitrogens with two attached hydrogens (primary N) is 1. The fraction of sp³-hybridized carbons (Fsp3) is 0.0714. The number of rotatable bonds is 2. The second-order valence-corrected chi connectivity index (χ2v) is 4.30. The summed E-state index contributed by atoms with van der Waals surface area (Å²) in [6, 6.07) is 7.55. The van der Waals surface area contributed by atoms with Crippen molar-refractivity contribution in [2.75, 3.05) is 12.8 Å². The molecular formula is C14H11F2N3O. The molecule has 0 unspecified atom stereocenters. The number of imidazole rings is 1. The van der Waals surface area contributed by atoms with Crippen LogP contribution < -0.4 is 10.5 Å². The van der Waals surface area contributed by atoms with Crippen LogP contribution in [0.2, 0.25) is 0 Å². The highest BCUT2D eigenvalue weighted by atomic mass is 19.2. The Kier molecular flexibility index (Phi) is 2.78. The topological polar surface area (TPSA) is 63.9 Å². The van der Waals surface area contributed by atoms with Gasteiger partial charge >= 0.3 is 0 Å². The van der Waals surface area contributed by atoms with Gasteiger partial charge in [-0.15, -0.1) is 0 Å². The molecule has 3 rings (SSSR count). The van der Waals surface area contributed by atoms with Crippen molar-refractivity contribution in [1.29, 1.82) is 0 Å². The van der Waals surface area contributed by atoms with E-state index in [0.29, 0.717) is 28.3 Å². The zero-order valence-electron chi connectivity index (χ0n) is 10.6. The number of hydrogen-bond acceptors (Lipinski definition) is 3. The molecule has 102 valence electrons. The molecule has 0 aliphatic rings. The van der Waals surface area contributed by atoms with Crippen LogP contribution in [0.1, 0.15) is 0 Å². The summed E-state index contributed by atoms with van der Waals surface area (Å²) < 4.78 is 31.9. The van der Waals surface area contributed by atoms with Gasteiger partial charge in [-0.2, -0.15) is 0 Å². The van der Waals surface area contributed by atoms with E-state index in [9.17, 15) is 8.78 Å². The molecule has 0 saturated heterocycles. The van der Waals surface area contributed by atoms with Crippen LogP contribution in [0.3, 0.4) is 0 Å². The van der Waals surface area contributed by atoms with E-state index < -0.39 is 11.6 Å². The maximum Gasteiger partial charge on any atom is 0.186 e. The Hall–Kier alpha value is -2.63. The smallest absolute Gasteiger partial charge is 0.186 e. The predicted octanol–water partition coefficient (Wildman–Crippen LogP) is 3.10. The Morgan fingerprint density at radius 1 is 1.20 bits per heavy atom. The molecule has 0 radical (unpaired) electrons. The fourth-order valence-electron chi connectivity index (χ4n) is 2.03. The maximum atomic E-state index is 13.6. The normalized spacial score (nSPS) is 10.9. The van der Waals surface area contributed by atoms with Gasteiger partial charge in [0, 0.05) is 17.3 Å². The van der Waals surface area contributed by atoms with Gasteiger partial charge in [-0.25, -0.2) is 13.8 Å². The van der Waals surface area contributed by atoms with Crippen LogP contribution >= 0.6 is 0 Å². The molecule has 20 heavy (non-hydrogen) atoms. The van der Waals surface area contributed by atoms with E-state index in [1.165, 1.54) is 13.2 Å². The molecule has 0 spiro atoms. The van der Waals surface area contributed by atoms with Crippen LogP contribution in [0.5, 0.6) is 5.75 Å². The van der Waals surface area contributed by atoms with E-state index in [1.54, 1.807) is 18.2 Å². The highest BCUT2D eigenvalue weighted by Gasteiger charge is 2.14. The summed E-state index contributed by atoms with van der Waals surface area (Å²) in [5, 5.41) is 0. The number of aromatic nitrogens is 2. The van der Waals surface area contributed by atoms with Gasteiger partial charge in [0.05, 0.1) is 12.6 Å². The average molecular weight is 275 g/mol. The van der Waals surface area contributed by atoms with Crippen molar-refractivity contribution in [3.05, 3.63) is 42.0 Å². The summed E-state index contributed by atoms with van der Waals surface area (Å²) in [6.07, 6.45) is 0. The number of nitrogens with one attached hydrogen (secondary N) is 1. The van der Waals surface area contributed by atoms with E-state index in [1.807, 2.05) is 0 Å². The zero-order chi connectivity index (χ0) is 14.3. The molecule has 3 N–H and O–H groups in total. The molecule has 2 aromatic carbocycles. The van der Waals surface area contributed by atoms with Gasteiger partial charge in [-0.3, -0.25) is 0 Å². The highest BCUT2D eigenvalue weighted by molar-refractivity contribution is 5.83. The summed E-state index contributed by atoms with van der Waals surface area (Å²) in [4.78, 5) is 6.99. The molecule has 0 saturated carbocycles. The van der Waals surface area contributed by atoms with Gasteiger partial charge < -0.3 is 15.5 Å². The van der Waals surface area contributed by atoms with Gasteiger partial charge in [-0.05, 0) is 24.3 Å². The molecule has 6 heteroatoms. The number of methoxy groups -OCH3 is 1. The first-order chi connectivity index (χ1) is 9.60. The second-order valence-electron chi connectivity index (χ2n) is 4.30. The van der Waals surface area contributed by atoms with Gasteiger partial charge in [0.2, 0.25) is 0 Å². The Balaban J connectivity index is 2.17. The average Bonchev–Trinajstić information content (AvgIpc) is 2.87. The molecular weight excluding hydrogens is 264 g/mol. The summed E-state index contributed by atoms with van der Waals surface area (Å²) in [6.45, 7) is 0. The lowest BCUT2D eigenvalue weighted by molar-refractivity contribution is 0.415. The molecule has 4 nitrogen and oxygen atoms in total. The second kappa shape index (κ2) is 4.48. The first kappa shape index (κ1) is 12.4. The van der Waals surface area contributed by atoms with Gasteiger partial charge in [0.1, 0.15) is 17.1 Å². The lowest BCUT2D eigenvalue weighted by Crippen LogP contribution is -1.93. The number of nitrogen functional groups attached to an aromatic ring is 1. The number of nitrogens with zero attached hydrogens (tertiary/aromatic N) is 1. The zero-order valence-corrected chi connectivity index (χ0v) is 10.6. The van der Waals surface area contributed by atoms with Crippen LogP contribution in [-0.2, 0) is 0 Å². The van der Waals surface area contributed by atoms with Crippen molar-refractivity contribution in [3.63, 3.8) is 0 Å². The quantitative estimate of drug-likeness (QED) is 0.706. The molecule has 0 fully saturated rings. The Morgan fingerprint density at radius 3 is 2.70 bits per heavy atom. The van der Waals surface area contributed by atoms with E-state index in [-0.39, 0.29) is 5.52 Å². The van der Waals surface area contributed by atoms with Crippen LogP contribution in [0, 0.1) is 11.6 Å². The first-order valence-corrected chi connectivity index (χ1v) is 5.87. The van der Waals surface area contributed by atoms with Crippen molar-refractivity contribution in [3.8, 4) is 17.1 Å². The number of anilines is 1. The Labute approximate surface area is 113 Å². The summed E-state index contributed by atoms with van der Waals surface area (Å²) in [5.74, 6) is -0.917. The summed E-state index contributed by atoms with van der Waals surface area (Å²) in [5.41, 5.74) is 7.31. The van der Waals surface area contributed by atoms with Crippen molar-refractivity contribution in [1.82, 2.24) is 9.97 Å². The molecule has 1 aromatic heterocycles. The highest BCUT2D eigenvalue weighted by Crippen LogP contribution is 2.29. The SMILES string of the molecule is COc1ccc(-c2nc3c(F)c(F)ccc3[nH]2)c(N)c1. The molecule has 0 bridgehead atoms. The molecule has 0 aliphatic carbocycles. The molecule has 0 amide bonds. The third-order valence-electron chi connectivity index (χ3n) is 3.06. The molecule has 3 aromatic rings. The van der Waals surface area contributed by atoms with Crippen LogP contribution in [0.4, 0.5) is 14.5 Å². The molecule has 0 aliphatic heterocycles. The van der Waals surface area contributed by atoms with Crippen molar-refractivity contribution < 1.29 is 13.5 Å². The predicted molar refractivity (Wildman–Crippen MR) is 72.4 cm³/mol. The number of H-pyrrole nitrogens is 1. The lowest BCUT2D eigenvalue weighted by atomic mass is 10.1. The third-order valence-corrected chi connectivity index (χ3v) is 3.06. The standard InChI is InChI=1S/C14H11F2N3O/c1-20-7-2-3-8(10(17)6-7)14-18-11-5-4-9(15)12(16)13(11)19-14/h2-6H,17H2,1H3,(H,18,19). The van der Waals surface area contributed by atoms with E-state index in [2.05, 4.69) is 9.97 Å².